The molecule has 6 rings (SSSR count). The van der Waals surface area contributed by atoms with Gasteiger partial charge in [0.25, 0.3) is 10.0 Å². The number of amides is 2. The average molecular weight is 601 g/mol. The van der Waals surface area contributed by atoms with Crippen LogP contribution in [0.25, 0.3) is 10.8 Å². The highest BCUT2D eigenvalue weighted by atomic mass is 32.2. The number of fused-ring (bicyclic) bond motifs is 2. The van der Waals surface area contributed by atoms with Crippen LogP contribution in [0, 0.1) is 6.92 Å². The van der Waals surface area contributed by atoms with Crippen molar-refractivity contribution in [3.8, 4) is 11.5 Å². The average Bonchev–Trinajstić information content (AvgIpc) is 3.58. The van der Waals surface area contributed by atoms with Crippen LogP contribution in [0.1, 0.15) is 49.5 Å². The molecule has 0 saturated carbocycles. The highest BCUT2D eigenvalue weighted by Gasteiger charge is 2.57. The van der Waals surface area contributed by atoms with Crippen molar-refractivity contribution in [1.82, 2.24) is 9.21 Å². The number of esters is 1. The van der Waals surface area contributed by atoms with Crippen molar-refractivity contribution in [3.63, 3.8) is 0 Å². The summed E-state index contributed by atoms with van der Waals surface area (Å²) in [7, 11) is -4.44. The second-order valence-electron chi connectivity index (χ2n) is 11.0. The predicted molar refractivity (Wildman–Crippen MR) is 160 cm³/mol. The van der Waals surface area contributed by atoms with Gasteiger partial charge >= 0.3 is 12.0 Å². The Kier molecular flexibility index (Phi) is 7.25. The zero-order chi connectivity index (χ0) is 30.5. The third-order valence-corrected chi connectivity index (χ3v) is 9.63. The Morgan fingerprint density at radius 3 is 2.35 bits per heavy atom. The van der Waals surface area contributed by atoms with Crippen LogP contribution < -0.4 is 9.47 Å². The predicted octanol–water partition coefficient (Wildman–Crippen LogP) is 6.13. The Morgan fingerprint density at radius 1 is 0.907 bits per heavy atom. The molecule has 3 unspecified atom stereocenters. The van der Waals surface area contributed by atoms with Crippen molar-refractivity contribution in [3.05, 3.63) is 102 Å². The van der Waals surface area contributed by atoms with E-state index >= 15 is 0 Å². The number of carbonyl (C=O) groups is 2. The van der Waals surface area contributed by atoms with Crippen molar-refractivity contribution in [2.45, 2.75) is 56.8 Å². The zero-order valence-electron chi connectivity index (χ0n) is 24.3. The summed E-state index contributed by atoms with van der Waals surface area (Å²) in [6.45, 7) is 7.08. The molecule has 1 saturated heterocycles. The van der Waals surface area contributed by atoms with E-state index in [9.17, 15) is 18.0 Å². The third-order valence-electron chi connectivity index (χ3n) is 7.86. The van der Waals surface area contributed by atoms with Crippen LogP contribution in [-0.4, -0.2) is 48.6 Å². The molecule has 0 spiro atoms. The standard InChI is InChI=1S/C33H32N2O7S/c1-20(2)42-32(36)31-30(24-14-17-28-29(18-24)41-19-40-28)35(43(38,39)25-15-12-21(3)13-16-25)33(37)34(31)22(4)26-11-7-9-23-8-5-6-10-27(23)26/h5-18,20,22,30-31H,19H2,1-4H3. The minimum atomic E-state index is -4.44. The minimum absolute atomic E-state index is 0.0107. The number of urea groups is 1. The van der Waals surface area contributed by atoms with Crippen molar-refractivity contribution >= 4 is 32.8 Å². The Balaban J connectivity index is 1.57. The maximum atomic E-state index is 14.6. The molecule has 9 nitrogen and oxygen atoms in total. The maximum absolute atomic E-state index is 14.6. The molecular weight excluding hydrogens is 568 g/mol. The van der Waals surface area contributed by atoms with E-state index in [4.69, 9.17) is 14.2 Å². The van der Waals surface area contributed by atoms with Gasteiger partial charge in [-0.3, -0.25) is 0 Å². The van der Waals surface area contributed by atoms with Crippen LogP contribution in [0.15, 0.2) is 89.8 Å². The number of carbonyl (C=O) groups excluding carboxylic acids is 2. The van der Waals surface area contributed by atoms with Crippen molar-refractivity contribution in [1.29, 1.82) is 0 Å². The number of benzene rings is 4. The summed E-state index contributed by atoms with van der Waals surface area (Å²) in [4.78, 5) is 29.8. The van der Waals surface area contributed by atoms with Crippen LogP contribution in [-0.2, 0) is 19.6 Å². The van der Waals surface area contributed by atoms with E-state index in [1.165, 1.54) is 17.0 Å². The van der Waals surface area contributed by atoms with Gasteiger partial charge in [-0.05, 0) is 73.9 Å². The first-order valence-corrected chi connectivity index (χ1v) is 15.5. The molecule has 2 aliphatic heterocycles. The minimum Gasteiger partial charge on any atom is -0.461 e. The second kappa shape index (κ2) is 10.9. The number of aryl methyl sites for hydroxylation is 1. The van der Waals surface area contributed by atoms with E-state index in [0.717, 1.165) is 26.2 Å². The number of hydrogen-bond acceptors (Lipinski definition) is 7. The van der Waals surface area contributed by atoms with Crippen LogP contribution in [0.2, 0.25) is 0 Å². The number of rotatable bonds is 7. The molecule has 3 atom stereocenters. The van der Waals surface area contributed by atoms with E-state index in [-0.39, 0.29) is 11.7 Å². The molecule has 10 heteroatoms. The zero-order valence-corrected chi connectivity index (χ0v) is 25.1. The Hall–Kier alpha value is -4.57. The summed E-state index contributed by atoms with van der Waals surface area (Å²) in [5.41, 5.74) is 2.03. The number of sulfonamides is 1. The molecule has 0 radical (unpaired) electrons. The molecule has 0 bridgehead atoms. The van der Waals surface area contributed by atoms with Gasteiger partial charge in [0, 0.05) is 0 Å². The van der Waals surface area contributed by atoms with E-state index in [2.05, 4.69) is 0 Å². The maximum Gasteiger partial charge on any atom is 0.335 e. The molecule has 4 aromatic rings. The molecule has 4 aromatic carbocycles. The van der Waals surface area contributed by atoms with Crippen molar-refractivity contribution in [2.24, 2.45) is 0 Å². The summed E-state index contributed by atoms with van der Waals surface area (Å²) in [5.74, 6) is 0.178. The molecule has 2 amide bonds. The van der Waals surface area contributed by atoms with Gasteiger partial charge in [-0.2, -0.15) is 0 Å². The summed E-state index contributed by atoms with van der Waals surface area (Å²) in [6.07, 6.45) is -0.502. The largest absolute Gasteiger partial charge is 0.461 e. The van der Waals surface area contributed by atoms with E-state index in [0.29, 0.717) is 17.1 Å². The van der Waals surface area contributed by atoms with E-state index < -0.39 is 46.3 Å². The van der Waals surface area contributed by atoms with Crippen molar-refractivity contribution in [2.75, 3.05) is 6.79 Å². The first-order valence-electron chi connectivity index (χ1n) is 14.1. The third kappa shape index (κ3) is 4.95. The second-order valence-corrected chi connectivity index (χ2v) is 12.9. The van der Waals surface area contributed by atoms with Gasteiger partial charge in [-0.1, -0.05) is 66.2 Å². The lowest BCUT2D eigenvalue weighted by molar-refractivity contribution is -0.153. The van der Waals surface area contributed by atoms with Crippen LogP contribution in [0.3, 0.4) is 0 Å². The van der Waals surface area contributed by atoms with E-state index in [1.54, 1.807) is 51.1 Å². The Labute approximate surface area is 250 Å². The van der Waals surface area contributed by atoms with Gasteiger partial charge in [0.1, 0.15) is 6.04 Å². The first kappa shape index (κ1) is 28.5. The molecule has 222 valence electrons. The van der Waals surface area contributed by atoms with Gasteiger partial charge in [-0.25, -0.2) is 22.3 Å². The summed E-state index contributed by atoms with van der Waals surface area (Å²) in [5, 5.41) is 1.84. The monoisotopic (exact) mass is 600 g/mol. The Bertz CT molecular complexity index is 1820. The van der Waals surface area contributed by atoms with Crippen LogP contribution in [0.5, 0.6) is 11.5 Å². The fraction of sp³-hybridized carbons (Fsp3) is 0.273. The molecule has 0 N–H and O–H groups in total. The summed E-state index contributed by atoms with van der Waals surface area (Å²) >= 11 is 0. The molecule has 0 aliphatic carbocycles. The topological polar surface area (TPSA) is 102 Å². The Morgan fingerprint density at radius 2 is 1.60 bits per heavy atom. The fourth-order valence-corrected chi connectivity index (χ4v) is 7.38. The summed E-state index contributed by atoms with van der Waals surface area (Å²) in [6, 6.07) is 20.6. The quantitative estimate of drug-likeness (QED) is 0.235. The van der Waals surface area contributed by atoms with Crippen LogP contribution >= 0.6 is 0 Å². The number of ether oxygens (including phenoxy) is 3. The smallest absolute Gasteiger partial charge is 0.335 e. The highest BCUT2D eigenvalue weighted by molar-refractivity contribution is 7.89. The van der Waals surface area contributed by atoms with Crippen molar-refractivity contribution < 1.29 is 32.2 Å². The molecule has 0 aromatic heterocycles. The molecular formula is C33H32N2O7S. The van der Waals surface area contributed by atoms with E-state index in [1.807, 2.05) is 49.4 Å². The molecule has 1 fully saturated rings. The van der Waals surface area contributed by atoms with Gasteiger partial charge in [0.2, 0.25) is 6.79 Å². The fourth-order valence-electron chi connectivity index (χ4n) is 5.84. The molecule has 2 aliphatic rings. The SMILES string of the molecule is Cc1ccc(S(=O)(=O)N2C(=O)N(C(C)c3cccc4ccccc34)C(C(=O)OC(C)C)C2c2ccc3c(c2)OCO3)cc1. The first-order chi connectivity index (χ1) is 20.6. The molecule has 43 heavy (non-hydrogen) atoms. The normalized spacial score (nSPS) is 18.9. The number of nitrogens with zero attached hydrogens (tertiary/aromatic N) is 2. The van der Waals surface area contributed by atoms with Gasteiger partial charge in [-0.15, -0.1) is 0 Å². The van der Waals surface area contributed by atoms with Crippen LogP contribution in [0.4, 0.5) is 4.79 Å². The summed E-state index contributed by atoms with van der Waals surface area (Å²) < 4.78 is 46.3. The van der Waals surface area contributed by atoms with Gasteiger partial charge in [0.05, 0.1) is 17.0 Å². The van der Waals surface area contributed by atoms with Gasteiger partial charge < -0.3 is 19.1 Å². The van der Waals surface area contributed by atoms with Gasteiger partial charge in [0.15, 0.2) is 17.5 Å². The number of hydrogen-bond donors (Lipinski definition) is 0. The lowest BCUT2D eigenvalue weighted by Crippen LogP contribution is -2.43. The lowest BCUT2D eigenvalue weighted by Gasteiger charge is -2.31. The lowest BCUT2D eigenvalue weighted by atomic mass is 9.95. The highest BCUT2D eigenvalue weighted by Crippen LogP contribution is 2.46. The molecule has 2 heterocycles.